The number of nitrogens with two attached hydrogens (primary N) is 4. The van der Waals surface area contributed by atoms with Gasteiger partial charge in [0.15, 0.2) is 5.96 Å². The van der Waals surface area contributed by atoms with Crippen molar-refractivity contribution in [1.29, 1.82) is 0 Å². The molecule has 1 aliphatic rings. The van der Waals surface area contributed by atoms with Gasteiger partial charge >= 0.3 is 0 Å². The lowest BCUT2D eigenvalue weighted by Gasteiger charge is -2.29. The Hall–Kier alpha value is -3.95. The van der Waals surface area contributed by atoms with Crippen LogP contribution in [0.4, 0.5) is 0 Å². The van der Waals surface area contributed by atoms with Crippen molar-refractivity contribution in [2.45, 2.75) is 109 Å². The Bertz CT molecular complexity index is 1030. The van der Waals surface area contributed by atoms with E-state index < -0.39 is 65.7 Å². The molecular weight excluding hydrogens is 572 g/mol. The van der Waals surface area contributed by atoms with Crippen LogP contribution in [0.15, 0.2) is 4.99 Å². The van der Waals surface area contributed by atoms with Gasteiger partial charge in [-0.15, -0.1) is 0 Å². The second-order valence-electron chi connectivity index (χ2n) is 11.6. The molecule has 250 valence electrons. The van der Waals surface area contributed by atoms with E-state index in [1.165, 1.54) is 18.7 Å². The van der Waals surface area contributed by atoms with Crippen LogP contribution in [-0.4, -0.2) is 96.1 Å². The molecule has 0 radical (unpaired) electrons. The Morgan fingerprint density at radius 1 is 0.818 bits per heavy atom. The van der Waals surface area contributed by atoms with Crippen molar-refractivity contribution in [3.05, 3.63) is 0 Å². The van der Waals surface area contributed by atoms with Crippen molar-refractivity contribution in [1.82, 2.24) is 26.2 Å². The third-order valence-electron chi connectivity index (χ3n) is 7.16. The average Bonchev–Trinajstić information content (AvgIpc) is 3.43. The number of carbonyl (C=O) groups is 6. The molecule has 1 rings (SSSR count). The number of likely N-dealkylation sites (tertiary alicyclic amines) is 1. The minimum absolute atomic E-state index is 0.0785. The number of guanidine groups is 1. The number of nitrogens with zero attached hydrogens (tertiary/aromatic N) is 2. The summed E-state index contributed by atoms with van der Waals surface area (Å²) in [6, 6.07) is -4.71. The van der Waals surface area contributed by atoms with Crippen LogP contribution < -0.4 is 44.2 Å². The Kier molecular flexibility index (Phi) is 16.7. The van der Waals surface area contributed by atoms with Gasteiger partial charge in [-0.3, -0.25) is 33.8 Å². The average molecular weight is 625 g/mol. The molecule has 0 saturated carbocycles. The summed E-state index contributed by atoms with van der Waals surface area (Å²) >= 11 is 0. The van der Waals surface area contributed by atoms with Crippen molar-refractivity contribution < 1.29 is 28.8 Å². The van der Waals surface area contributed by atoms with Crippen molar-refractivity contribution in [2.24, 2.45) is 33.8 Å². The first-order valence-electron chi connectivity index (χ1n) is 15.2. The Morgan fingerprint density at radius 2 is 1.43 bits per heavy atom. The van der Waals surface area contributed by atoms with Crippen molar-refractivity contribution in [3.8, 4) is 0 Å². The molecule has 44 heavy (non-hydrogen) atoms. The number of hydrogen-bond donors (Lipinski definition) is 8. The first-order chi connectivity index (χ1) is 20.7. The van der Waals surface area contributed by atoms with Crippen LogP contribution in [0.3, 0.4) is 0 Å². The van der Waals surface area contributed by atoms with Crippen LogP contribution in [0.2, 0.25) is 0 Å². The third-order valence-corrected chi connectivity index (χ3v) is 7.16. The van der Waals surface area contributed by atoms with Gasteiger partial charge in [0, 0.05) is 20.0 Å². The minimum atomic E-state index is -1.09. The molecule has 1 heterocycles. The predicted molar refractivity (Wildman–Crippen MR) is 165 cm³/mol. The molecule has 0 aromatic heterocycles. The number of aliphatic imine (C=N–C) groups is 1. The zero-order valence-electron chi connectivity index (χ0n) is 26.4. The third kappa shape index (κ3) is 13.6. The highest BCUT2D eigenvalue weighted by molar-refractivity contribution is 5.96. The SMILES string of the molecule is CC(=O)N[C@@H](CC(C)C)C(=O)N[C@@H](CCCN=C(N)N)C(=O)N[C@@H](C)C(=O)N[C@@H](CCCCN)C(=O)N1CCC[C@H]1C(N)=O. The molecule has 0 unspecified atom stereocenters. The van der Waals surface area contributed by atoms with E-state index in [-0.39, 0.29) is 31.3 Å². The van der Waals surface area contributed by atoms with Gasteiger partial charge in [0.25, 0.3) is 0 Å². The highest BCUT2D eigenvalue weighted by Gasteiger charge is 2.37. The normalized spacial score (nSPS) is 17.1. The van der Waals surface area contributed by atoms with Crippen LogP contribution in [0.5, 0.6) is 0 Å². The van der Waals surface area contributed by atoms with Crippen molar-refractivity contribution >= 4 is 41.4 Å². The molecule has 1 aliphatic heterocycles. The molecule has 1 saturated heterocycles. The largest absolute Gasteiger partial charge is 0.370 e. The highest BCUT2D eigenvalue weighted by Crippen LogP contribution is 2.19. The molecular formula is C28H52N10O6. The number of amides is 6. The fourth-order valence-electron chi connectivity index (χ4n) is 4.95. The standard InChI is InChI=1S/C28H52N10O6/c1-16(2)15-21(35-18(4)39)26(43)36-19(10-7-13-33-28(31)32)25(42)34-17(3)24(41)37-20(9-5-6-12-29)27(44)38-14-8-11-22(38)23(30)40/h16-17,19-22H,5-15,29H2,1-4H3,(H2,30,40)(H,34,42)(H,35,39)(H,36,43)(H,37,41)(H4,31,32,33)/t17-,19-,20-,21-,22-/m0/s1. The van der Waals surface area contributed by atoms with Gasteiger partial charge in [-0.2, -0.15) is 0 Å². The van der Waals surface area contributed by atoms with Gasteiger partial charge in [-0.05, 0) is 70.8 Å². The molecule has 0 aliphatic carbocycles. The summed E-state index contributed by atoms with van der Waals surface area (Å²) in [5, 5.41) is 10.6. The predicted octanol–water partition coefficient (Wildman–Crippen LogP) is -2.33. The summed E-state index contributed by atoms with van der Waals surface area (Å²) in [6.07, 6.45) is 3.36. The second kappa shape index (κ2) is 19.4. The first kappa shape index (κ1) is 38.1. The topological polar surface area (TPSA) is 270 Å². The summed E-state index contributed by atoms with van der Waals surface area (Å²) in [5.41, 5.74) is 21.9. The zero-order valence-corrected chi connectivity index (χ0v) is 26.4. The van der Waals surface area contributed by atoms with Crippen molar-refractivity contribution in [3.63, 3.8) is 0 Å². The lowest BCUT2D eigenvalue weighted by molar-refractivity contribution is -0.141. The molecule has 1 fully saturated rings. The zero-order chi connectivity index (χ0) is 33.4. The summed E-state index contributed by atoms with van der Waals surface area (Å²) in [6.45, 7) is 7.50. The number of nitrogens with one attached hydrogen (secondary N) is 4. The summed E-state index contributed by atoms with van der Waals surface area (Å²) in [7, 11) is 0. The van der Waals surface area contributed by atoms with Crippen LogP contribution in [0.25, 0.3) is 0 Å². The van der Waals surface area contributed by atoms with E-state index in [1.807, 2.05) is 13.8 Å². The van der Waals surface area contributed by atoms with Crippen LogP contribution in [0.1, 0.15) is 79.1 Å². The fraction of sp³-hybridized carbons (Fsp3) is 0.750. The number of rotatable bonds is 19. The minimum Gasteiger partial charge on any atom is -0.370 e. The molecule has 0 bridgehead atoms. The summed E-state index contributed by atoms with van der Waals surface area (Å²) < 4.78 is 0. The Morgan fingerprint density at radius 3 is 2.00 bits per heavy atom. The molecule has 12 N–H and O–H groups in total. The van der Waals surface area contributed by atoms with Crippen LogP contribution >= 0.6 is 0 Å². The summed E-state index contributed by atoms with van der Waals surface area (Å²) in [4.78, 5) is 81.8. The maximum Gasteiger partial charge on any atom is 0.245 e. The molecule has 16 heteroatoms. The number of hydrogen-bond acceptors (Lipinski definition) is 8. The number of unbranched alkanes of at least 4 members (excludes halogenated alkanes) is 1. The van der Waals surface area contributed by atoms with E-state index in [0.29, 0.717) is 51.6 Å². The molecule has 5 atom stereocenters. The Balaban J connectivity index is 3.04. The monoisotopic (exact) mass is 624 g/mol. The summed E-state index contributed by atoms with van der Waals surface area (Å²) in [5.74, 6) is -3.27. The van der Waals surface area contributed by atoms with Crippen LogP contribution in [-0.2, 0) is 28.8 Å². The fourth-order valence-corrected chi connectivity index (χ4v) is 4.95. The van der Waals surface area contributed by atoms with Gasteiger partial charge < -0.3 is 49.1 Å². The Labute approximate surface area is 259 Å². The van der Waals surface area contributed by atoms with E-state index in [1.54, 1.807) is 0 Å². The maximum absolute atomic E-state index is 13.4. The van der Waals surface area contributed by atoms with Gasteiger partial charge in [-0.25, -0.2) is 0 Å². The first-order valence-corrected chi connectivity index (χ1v) is 15.2. The van der Waals surface area contributed by atoms with Gasteiger partial charge in [0.05, 0.1) is 0 Å². The smallest absolute Gasteiger partial charge is 0.245 e. The lowest BCUT2D eigenvalue weighted by Crippen LogP contribution is -2.58. The highest BCUT2D eigenvalue weighted by atomic mass is 16.2. The van der Waals surface area contributed by atoms with Gasteiger partial charge in [-0.1, -0.05) is 13.8 Å². The maximum atomic E-state index is 13.4. The van der Waals surface area contributed by atoms with Gasteiger partial charge in [0.1, 0.15) is 30.2 Å². The van der Waals surface area contributed by atoms with E-state index in [0.717, 1.165) is 0 Å². The molecule has 0 spiro atoms. The molecule has 6 amide bonds. The quantitative estimate of drug-likeness (QED) is 0.0434. The van der Waals surface area contributed by atoms with Crippen molar-refractivity contribution in [2.75, 3.05) is 19.6 Å². The number of carbonyl (C=O) groups excluding carboxylic acids is 6. The van der Waals surface area contributed by atoms with E-state index in [9.17, 15) is 28.8 Å². The van der Waals surface area contributed by atoms with Crippen LogP contribution in [0, 0.1) is 5.92 Å². The van der Waals surface area contributed by atoms with E-state index in [2.05, 4.69) is 26.3 Å². The molecule has 0 aromatic rings. The van der Waals surface area contributed by atoms with E-state index >= 15 is 0 Å². The van der Waals surface area contributed by atoms with E-state index in [4.69, 9.17) is 22.9 Å². The molecule has 16 nitrogen and oxygen atoms in total. The second-order valence-corrected chi connectivity index (χ2v) is 11.6. The lowest BCUT2D eigenvalue weighted by atomic mass is 10.0. The number of primary amides is 1. The van der Waals surface area contributed by atoms with Gasteiger partial charge in [0.2, 0.25) is 35.4 Å². The molecule has 0 aromatic carbocycles.